The van der Waals surface area contributed by atoms with Gasteiger partial charge in [0.05, 0.1) is 7.11 Å². The van der Waals surface area contributed by atoms with Crippen molar-refractivity contribution >= 4 is 0 Å². The van der Waals surface area contributed by atoms with Crippen LogP contribution in [-0.4, -0.2) is 17.2 Å². The molecule has 0 spiro atoms. The van der Waals surface area contributed by atoms with Crippen LogP contribution < -0.4 is 4.74 Å². The van der Waals surface area contributed by atoms with E-state index in [0.717, 1.165) is 53.8 Å². The first-order valence-corrected chi connectivity index (χ1v) is 11.6. The molecule has 1 N–H and O–H groups in total. The second kappa shape index (κ2) is 9.24. The molecule has 1 aliphatic carbocycles. The quantitative estimate of drug-likeness (QED) is 0.366. The summed E-state index contributed by atoms with van der Waals surface area (Å²) in [4.78, 5) is 4.94. The van der Waals surface area contributed by atoms with Crippen LogP contribution in [0, 0.1) is 5.92 Å². The van der Waals surface area contributed by atoms with Crippen LogP contribution in [0.1, 0.15) is 37.1 Å². The lowest BCUT2D eigenvalue weighted by molar-refractivity contribution is -0.0742. The second-order valence-corrected chi connectivity index (χ2v) is 8.85. The van der Waals surface area contributed by atoms with Gasteiger partial charge in [0.2, 0.25) is 5.89 Å². The summed E-state index contributed by atoms with van der Waals surface area (Å²) in [5.41, 5.74) is 2.75. The van der Waals surface area contributed by atoms with Crippen LogP contribution in [0.4, 0.5) is 0 Å². The van der Waals surface area contributed by atoms with Crippen LogP contribution in [0.15, 0.2) is 89.3 Å². The molecule has 1 heterocycles. The van der Waals surface area contributed by atoms with Gasteiger partial charge in [-0.25, -0.2) is 4.98 Å². The molecule has 0 bridgehead atoms. The highest BCUT2D eigenvalue weighted by Crippen LogP contribution is 2.46. The van der Waals surface area contributed by atoms with E-state index in [4.69, 9.17) is 14.1 Å². The van der Waals surface area contributed by atoms with E-state index in [9.17, 15) is 5.11 Å². The standard InChI is InChI=1S/C29H29NO3/c1-32-25-17-10-11-21(20-25)19-24-16-8-9-18-29(24,31)28-30-26(22-12-4-2-5-13-22)27(33-28)23-14-6-3-7-15-23/h2-7,10-15,17,20,24,31H,8-9,16,18-19H2,1H3/t24-,29+/m1/s1. The molecule has 1 aromatic heterocycles. The number of rotatable bonds is 6. The van der Waals surface area contributed by atoms with Crippen LogP contribution in [0.3, 0.4) is 0 Å². The normalized spacial score (nSPS) is 20.5. The van der Waals surface area contributed by atoms with Crippen LogP contribution in [0.5, 0.6) is 5.75 Å². The average Bonchev–Trinajstić information content (AvgIpc) is 3.33. The molecule has 0 unspecified atom stereocenters. The average molecular weight is 440 g/mol. The molecule has 3 aromatic carbocycles. The summed E-state index contributed by atoms with van der Waals surface area (Å²) < 4.78 is 11.8. The third kappa shape index (κ3) is 4.31. The van der Waals surface area contributed by atoms with Crippen LogP contribution in [-0.2, 0) is 12.0 Å². The summed E-state index contributed by atoms with van der Waals surface area (Å²) in [6, 6.07) is 28.2. The van der Waals surface area contributed by atoms with Crippen molar-refractivity contribution in [2.45, 2.75) is 37.7 Å². The molecular formula is C29H29NO3. The van der Waals surface area contributed by atoms with Gasteiger partial charge in [0.15, 0.2) is 5.76 Å². The molecule has 1 fully saturated rings. The molecule has 0 amide bonds. The van der Waals surface area contributed by atoms with Crippen molar-refractivity contribution in [2.24, 2.45) is 5.92 Å². The highest BCUT2D eigenvalue weighted by Gasteiger charge is 2.45. The van der Waals surface area contributed by atoms with Crippen molar-refractivity contribution in [1.29, 1.82) is 0 Å². The van der Waals surface area contributed by atoms with Crippen LogP contribution >= 0.6 is 0 Å². The zero-order valence-electron chi connectivity index (χ0n) is 18.9. The molecule has 4 heteroatoms. The highest BCUT2D eigenvalue weighted by molar-refractivity contribution is 5.76. The van der Waals surface area contributed by atoms with E-state index >= 15 is 0 Å². The van der Waals surface area contributed by atoms with Crippen molar-refractivity contribution in [2.75, 3.05) is 7.11 Å². The maximum Gasteiger partial charge on any atom is 0.227 e. The lowest BCUT2D eigenvalue weighted by atomic mass is 9.72. The summed E-state index contributed by atoms with van der Waals surface area (Å²) in [5, 5.41) is 12.0. The lowest BCUT2D eigenvalue weighted by Gasteiger charge is -2.37. The monoisotopic (exact) mass is 439 g/mol. The van der Waals surface area contributed by atoms with Gasteiger partial charge in [-0.05, 0) is 37.0 Å². The topological polar surface area (TPSA) is 55.5 Å². The summed E-state index contributed by atoms with van der Waals surface area (Å²) in [5.74, 6) is 1.98. The van der Waals surface area contributed by atoms with Gasteiger partial charge >= 0.3 is 0 Å². The fraction of sp³-hybridized carbons (Fsp3) is 0.276. The maximum absolute atomic E-state index is 12.0. The van der Waals surface area contributed by atoms with E-state index in [1.165, 1.54) is 0 Å². The number of aromatic nitrogens is 1. The van der Waals surface area contributed by atoms with Gasteiger partial charge in [-0.2, -0.15) is 0 Å². The van der Waals surface area contributed by atoms with Crippen molar-refractivity contribution < 1.29 is 14.3 Å². The predicted molar refractivity (Wildman–Crippen MR) is 130 cm³/mol. The smallest absolute Gasteiger partial charge is 0.227 e. The Labute approximate surface area is 194 Å². The fourth-order valence-electron chi connectivity index (χ4n) is 4.95. The number of oxazole rings is 1. The van der Waals surface area contributed by atoms with Gasteiger partial charge in [0.25, 0.3) is 0 Å². The summed E-state index contributed by atoms with van der Waals surface area (Å²) in [7, 11) is 1.68. The van der Waals surface area contributed by atoms with E-state index in [-0.39, 0.29) is 5.92 Å². The number of benzene rings is 3. The van der Waals surface area contributed by atoms with Gasteiger partial charge in [-0.15, -0.1) is 0 Å². The van der Waals surface area contributed by atoms with Crippen molar-refractivity contribution in [3.05, 3.63) is 96.4 Å². The number of aliphatic hydroxyl groups is 1. The van der Waals surface area contributed by atoms with Gasteiger partial charge in [-0.3, -0.25) is 0 Å². The summed E-state index contributed by atoms with van der Waals surface area (Å²) in [6.45, 7) is 0. The number of hydrogen-bond donors (Lipinski definition) is 1. The third-order valence-corrected chi connectivity index (χ3v) is 6.73. The Hall–Kier alpha value is -3.37. The minimum absolute atomic E-state index is 0.0178. The number of ether oxygens (including phenoxy) is 1. The van der Waals surface area contributed by atoms with Crippen molar-refractivity contribution in [3.8, 4) is 28.3 Å². The second-order valence-electron chi connectivity index (χ2n) is 8.85. The Kier molecular flexibility index (Phi) is 6.01. The fourth-order valence-corrected chi connectivity index (χ4v) is 4.95. The molecule has 2 atom stereocenters. The molecule has 1 saturated carbocycles. The highest BCUT2D eigenvalue weighted by atomic mass is 16.5. The number of hydrogen-bond acceptors (Lipinski definition) is 4. The molecule has 1 aliphatic rings. The molecule has 0 radical (unpaired) electrons. The molecule has 4 nitrogen and oxygen atoms in total. The Bertz CT molecular complexity index is 1150. The van der Waals surface area contributed by atoms with Gasteiger partial charge in [-0.1, -0.05) is 85.6 Å². The maximum atomic E-state index is 12.0. The molecule has 5 rings (SSSR count). The number of methoxy groups -OCH3 is 1. The lowest BCUT2D eigenvalue weighted by Crippen LogP contribution is -2.39. The first-order chi connectivity index (χ1) is 16.2. The minimum atomic E-state index is -1.11. The minimum Gasteiger partial charge on any atom is -0.497 e. The largest absolute Gasteiger partial charge is 0.497 e. The molecule has 0 saturated heterocycles. The van der Waals surface area contributed by atoms with Crippen LogP contribution in [0.25, 0.3) is 22.6 Å². The Morgan fingerprint density at radius 1 is 0.939 bits per heavy atom. The van der Waals surface area contributed by atoms with Gasteiger partial charge in [0, 0.05) is 17.0 Å². The predicted octanol–water partition coefficient (Wildman–Crippen LogP) is 6.64. The van der Waals surface area contributed by atoms with Crippen molar-refractivity contribution in [1.82, 2.24) is 4.98 Å². The van der Waals surface area contributed by atoms with E-state index in [1.807, 2.05) is 72.8 Å². The Balaban J connectivity index is 1.56. The Morgan fingerprint density at radius 2 is 1.67 bits per heavy atom. The van der Waals surface area contributed by atoms with Crippen LogP contribution in [0.2, 0.25) is 0 Å². The van der Waals surface area contributed by atoms with E-state index in [0.29, 0.717) is 18.1 Å². The molecule has 33 heavy (non-hydrogen) atoms. The SMILES string of the molecule is COc1cccc(C[C@H]2CCCC[C@@]2(O)c2nc(-c3ccccc3)c(-c3ccccc3)o2)c1. The zero-order valence-corrected chi connectivity index (χ0v) is 18.9. The number of nitrogens with zero attached hydrogens (tertiary/aromatic N) is 1. The molecule has 0 aliphatic heterocycles. The Morgan fingerprint density at radius 3 is 2.39 bits per heavy atom. The first kappa shape index (κ1) is 21.5. The molecule has 4 aromatic rings. The first-order valence-electron chi connectivity index (χ1n) is 11.6. The van der Waals surface area contributed by atoms with Crippen molar-refractivity contribution in [3.63, 3.8) is 0 Å². The van der Waals surface area contributed by atoms with E-state index in [2.05, 4.69) is 12.1 Å². The molecule has 168 valence electrons. The summed E-state index contributed by atoms with van der Waals surface area (Å²) >= 11 is 0. The zero-order chi connectivity index (χ0) is 22.7. The van der Waals surface area contributed by atoms with Gasteiger partial charge in [0.1, 0.15) is 17.0 Å². The summed E-state index contributed by atoms with van der Waals surface area (Å²) in [6.07, 6.45) is 4.36. The molecular weight excluding hydrogens is 410 g/mol. The third-order valence-electron chi connectivity index (χ3n) is 6.73. The van der Waals surface area contributed by atoms with E-state index < -0.39 is 5.60 Å². The van der Waals surface area contributed by atoms with E-state index in [1.54, 1.807) is 7.11 Å². The van der Waals surface area contributed by atoms with Gasteiger partial charge < -0.3 is 14.3 Å².